The lowest BCUT2D eigenvalue weighted by Gasteiger charge is -2.32. The molecule has 1 saturated heterocycles. The molecule has 3 rings (SSSR count). The SMILES string of the molecule is Cc1ccccc1CN1CCC(NC(=O)NCc2ccc(F)cc2)CC1. The van der Waals surface area contributed by atoms with E-state index in [1.807, 2.05) is 0 Å². The number of hydrogen-bond acceptors (Lipinski definition) is 2. The summed E-state index contributed by atoms with van der Waals surface area (Å²) >= 11 is 0. The molecule has 2 N–H and O–H groups in total. The van der Waals surface area contributed by atoms with Crippen LogP contribution in [0.2, 0.25) is 0 Å². The molecule has 2 aromatic rings. The van der Waals surface area contributed by atoms with E-state index in [9.17, 15) is 9.18 Å². The maximum Gasteiger partial charge on any atom is 0.315 e. The summed E-state index contributed by atoms with van der Waals surface area (Å²) in [5, 5.41) is 5.88. The number of amides is 2. The minimum Gasteiger partial charge on any atom is -0.335 e. The molecule has 0 aromatic heterocycles. The van der Waals surface area contributed by atoms with Gasteiger partial charge >= 0.3 is 6.03 Å². The van der Waals surface area contributed by atoms with Crippen LogP contribution in [0.5, 0.6) is 0 Å². The summed E-state index contributed by atoms with van der Waals surface area (Å²) in [7, 11) is 0. The second-order valence-corrected chi connectivity index (χ2v) is 6.93. The first-order valence-electron chi connectivity index (χ1n) is 9.16. The first-order chi connectivity index (χ1) is 12.6. The Hall–Kier alpha value is -2.40. The molecule has 1 aliphatic rings. The molecular weight excluding hydrogens is 329 g/mol. The minimum atomic E-state index is -0.268. The lowest BCUT2D eigenvalue weighted by Crippen LogP contribution is -2.47. The van der Waals surface area contributed by atoms with Crippen LogP contribution >= 0.6 is 0 Å². The highest BCUT2D eigenvalue weighted by atomic mass is 19.1. The molecular formula is C21H26FN3O. The summed E-state index contributed by atoms with van der Waals surface area (Å²) in [6, 6.07) is 14.7. The second kappa shape index (κ2) is 8.81. The Bertz CT molecular complexity index is 724. The van der Waals surface area contributed by atoms with Crippen LogP contribution in [-0.4, -0.2) is 30.1 Å². The Morgan fingerprint density at radius 2 is 1.81 bits per heavy atom. The van der Waals surface area contributed by atoms with E-state index in [4.69, 9.17) is 0 Å². The summed E-state index contributed by atoms with van der Waals surface area (Å²) in [5.41, 5.74) is 3.58. The summed E-state index contributed by atoms with van der Waals surface area (Å²) < 4.78 is 12.9. The van der Waals surface area contributed by atoms with E-state index in [1.165, 1.54) is 23.3 Å². The van der Waals surface area contributed by atoms with Gasteiger partial charge < -0.3 is 10.6 Å². The highest BCUT2D eigenvalue weighted by Crippen LogP contribution is 2.16. The largest absolute Gasteiger partial charge is 0.335 e. The van der Waals surface area contributed by atoms with Crippen LogP contribution in [0.1, 0.15) is 29.5 Å². The van der Waals surface area contributed by atoms with Crippen molar-refractivity contribution in [1.82, 2.24) is 15.5 Å². The molecule has 2 amide bonds. The van der Waals surface area contributed by atoms with Gasteiger partial charge in [-0.1, -0.05) is 36.4 Å². The zero-order valence-electron chi connectivity index (χ0n) is 15.2. The monoisotopic (exact) mass is 355 g/mol. The number of benzene rings is 2. The van der Waals surface area contributed by atoms with Crippen molar-refractivity contribution >= 4 is 6.03 Å². The number of nitrogens with one attached hydrogen (secondary N) is 2. The number of likely N-dealkylation sites (tertiary alicyclic amines) is 1. The van der Waals surface area contributed by atoms with Crippen LogP contribution in [0.4, 0.5) is 9.18 Å². The summed E-state index contributed by atoms with van der Waals surface area (Å²) in [4.78, 5) is 14.5. The second-order valence-electron chi connectivity index (χ2n) is 6.93. The van der Waals surface area contributed by atoms with Crippen molar-refractivity contribution in [2.75, 3.05) is 13.1 Å². The van der Waals surface area contributed by atoms with E-state index in [0.29, 0.717) is 6.54 Å². The van der Waals surface area contributed by atoms with Crippen molar-refractivity contribution in [3.63, 3.8) is 0 Å². The fourth-order valence-corrected chi connectivity index (χ4v) is 3.28. The number of piperidine rings is 1. The molecule has 0 atom stereocenters. The third kappa shape index (κ3) is 5.30. The van der Waals surface area contributed by atoms with E-state index >= 15 is 0 Å². The molecule has 0 spiro atoms. The summed E-state index contributed by atoms with van der Waals surface area (Å²) in [6.07, 6.45) is 1.91. The smallest absolute Gasteiger partial charge is 0.315 e. The van der Waals surface area contributed by atoms with Gasteiger partial charge in [-0.05, 0) is 48.6 Å². The van der Waals surface area contributed by atoms with Crippen molar-refractivity contribution in [2.45, 2.75) is 38.9 Å². The van der Waals surface area contributed by atoms with Crippen molar-refractivity contribution in [2.24, 2.45) is 0 Å². The third-order valence-electron chi connectivity index (χ3n) is 4.94. The van der Waals surface area contributed by atoms with E-state index in [-0.39, 0.29) is 17.9 Å². The molecule has 5 heteroatoms. The van der Waals surface area contributed by atoms with Crippen LogP contribution < -0.4 is 10.6 Å². The molecule has 0 bridgehead atoms. The van der Waals surface area contributed by atoms with Crippen molar-refractivity contribution < 1.29 is 9.18 Å². The zero-order chi connectivity index (χ0) is 18.4. The predicted octanol–water partition coefficient (Wildman–Crippen LogP) is 3.60. The molecule has 0 aliphatic carbocycles. The van der Waals surface area contributed by atoms with E-state index in [1.54, 1.807) is 12.1 Å². The van der Waals surface area contributed by atoms with Gasteiger partial charge in [0.2, 0.25) is 0 Å². The van der Waals surface area contributed by atoms with Gasteiger partial charge in [-0.2, -0.15) is 0 Å². The highest BCUT2D eigenvalue weighted by molar-refractivity contribution is 5.74. The number of aryl methyl sites for hydroxylation is 1. The Morgan fingerprint density at radius 1 is 1.12 bits per heavy atom. The highest BCUT2D eigenvalue weighted by Gasteiger charge is 2.20. The molecule has 2 aromatic carbocycles. The van der Waals surface area contributed by atoms with Gasteiger partial charge in [0.05, 0.1) is 0 Å². The van der Waals surface area contributed by atoms with Gasteiger partial charge in [-0.25, -0.2) is 9.18 Å². The number of carbonyl (C=O) groups is 1. The fraction of sp³-hybridized carbons (Fsp3) is 0.381. The molecule has 0 radical (unpaired) electrons. The van der Waals surface area contributed by atoms with Crippen molar-refractivity contribution in [1.29, 1.82) is 0 Å². The zero-order valence-corrected chi connectivity index (χ0v) is 15.2. The van der Waals surface area contributed by atoms with Crippen LogP contribution in [-0.2, 0) is 13.1 Å². The van der Waals surface area contributed by atoms with Gasteiger partial charge in [-0.3, -0.25) is 4.90 Å². The molecule has 1 fully saturated rings. The molecule has 1 aliphatic heterocycles. The van der Waals surface area contributed by atoms with Gasteiger partial charge in [0, 0.05) is 32.2 Å². The molecule has 1 heterocycles. The fourth-order valence-electron chi connectivity index (χ4n) is 3.28. The first kappa shape index (κ1) is 18.4. The average Bonchev–Trinajstić information content (AvgIpc) is 2.65. The number of nitrogens with zero attached hydrogens (tertiary/aromatic N) is 1. The predicted molar refractivity (Wildman–Crippen MR) is 101 cm³/mol. The molecule has 0 unspecified atom stereocenters. The average molecular weight is 355 g/mol. The van der Waals surface area contributed by atoms with Crippen LogP contribution in [0.3, 0.4) is 0 Å². The maximum atomic E-state index is 12.9. The van der Waals surface area contributed by atoms with Gasteiger partial charge in [-0.15, -0.1) is 0 Å². The Morgan fingerprint density at radius 3 is 2.50 bits per heavy atom. The minimum absolute atomic E-state index is 0.160. The van der Waals surface area contributed by atoms with Crippen LogP contribution in [0.25, 0.3) is 0 Å². The van der Waals surface area contributed by atoms with Crippen molar-refractivity contribution in [3.8, 4) is 0 Å². The van der Waals surface area contributed by atoms with E-state index < -0.39 is 0 Å². The number of urea groups is 1. The lowest BCUT2D eigenvalue weighted by atomic mass is 10.0. The van der Waals surface area contributed by atoms with Gasteiger partial charge in [0.15, 0.2) is 0 Å². The number of rotatable bonds is 5. The lowest BCUT2D eigenvalue weighted by molar-refractivity contribution is 0.186. The van der Waals surface area contributed by atoms with Crippen LogP contribution in [0.15, 0.2) is 48.5 Å². The maximum absolute atomic E-state index is 12.9. The Kier molecular flexibility index (Phi) is 6.23. The van der Waals surface area contributed by atoms with Gasteiger partial charge in [0.1, 0.15) is 5.82 Å². The standard InChI is InChI=1S/C21H26FN3O/c1-16-4-2-3-5-18(16)15-25-12-10-20(11-13-25)24-21(26)23-14-17-6-8-19(22)9-7-17/h2-9,20H,10-15H2,1H3,(H2,23,24,26). The topological polar surface area (TPSA) is 44.4 Å². The van der Waals surface area contributed by atoms with E-state index in [2.05, 4.69) is 46.7 Å². The first-order valence-corrected chi connectivity index (χ1v) is 9.16. The molecule has 4 nitrogen and oxygen atoms in total. The quantitative estimate of drug-likeness (QED) is 0.861. The summed E-state index contributed by atoms with van der Waals surface area (Å²) in [5.74, 6) is -0.268. The summed E-state index contributed by atoms with van der Waals surface area (Å²) in [6.45, 7) is 5.48. The van der Waals surface area contributed by atoms with Crippen molar-refractivity contribution in [3.05, 3.63) is 71.0 Å². The molecule has 26 heavy (non-hydrogen) atoms. The van der Waals surface area contributed by atoms with Gasteiger partial charge in [0.25, 0.3) is 0 Å². The normalized spacial score (nSPS) is 15.6. The van der Waals surface area contributed by atoms with Crippen LogP contribution in [0, 0.1) is 12.7 Å². The van der Waals surface area contributed by atoms with E-state index in [0.717, 1.165) is 38.0 Å². The third-order valence-corrected chi connectivity index (χ3v) is 4.94. The molecule has 138 valence electrons. The Labute approximate surface area is 154 Å². The number of carbonyl (C=O) groups excluding carboxylic acids is 1. The number of hydrogen-bond donors (Lipinski definition) is 2. The Balaban J connectivity index is 1.38. The molecule has 0 saturated carbocycles. The number of halogens is 1.